The molecular formula is C11H12N2S. The van der Waals surface area contributed by atoms with Crippen molar-refractivity contribution in [2.75, 3.05) is 5.73 Å². The van der Waals surface area contributed by atoms with Crippen molar-refractivity contribution in [3.8, 4) is 10.4 Å². The van der Waals surface area contributed by atoms with Crippen molar-refractivity contribution in [2.24, 2.45) is 0 Å². The number of hydrogen-bond donors (Lipinski definition) is 1. The van der Waals surface area contributed by atoms with Crippen LogP contribution in [0.1, 0.15) is 11.3 Å². The molecule has 0 radical (unpaired) electrons. The van der Waals surface area contributed by atoms with Gasteiger partial charge >= 0.3 is 0 Å². The average molecular weight is 204 g/mol. The Balaban J connectivity index is 2.58. The quantitative estimate of drug-likeness (QED) is 0.775. The molecule has 0 aromatic carbocycles. The summed E-state index contributed by atoms with van der Waals surface area (Å²) in [6, 6.07) is 6.01. The van der Waals surface area contributed by atoms with Crippen LogP contribution in [0.15, 0.2) is 23.6 Å². The fourth-order valence-electron chi connectivity index (χ4n) is 1.47. The predicted octanol–water partition coefficient (Wildman–Crippen LogP) is 3.01. The molecule has 2 aromatic heterocycles. The Hall–Kier alpha value is -1.35. The Morgan fingerprint density at radius 2 is 2.00 bits per heavy atom. The minimum Gasteiger partial charge on any atom is -0.384 e. The number of hydrogen-bond acceptors (Lipinski definition) is 3. The van der Waals surface area contributed by atoms with E-state index in [4.69, 9.17) is 5.73 Å². The van der Waals surface area contributed by atoms with E-state index in [0.29, 0.717) is 5.82 Å². The van der Waals surface area contributed by atoms with E-state index in [9.17, 15) is 0 Å². The molecule has 2 N–H and O–H groups in total. The van der Waals surface area contributed by atoms with Crippen molar-refractivity contribution in [1.29, 1.82) is 0 Å². The molecule has 72 valence electrons. The molecule has 14 heavy (non-hydrogen) atoms. The van der Waals surface area contributed by atoms with Crippen LogP contribution in [0.4, 0.5) is 5.82 Å². The van der Waals surface area contributed by atoms with Crippen molar-refractivity contribution in [3.63, 3.8) is 0 Å². The molecule has 0 aliphatic carbocycles. The van der Waals surface area contributed by atoms with Gasteiger partial charge in [-0.1, -0.05) is 0 Å². The SMILES string of the molecule is Cc1ccsc1-c1ccc(N)nc1C. The molecule has 2 nitrogen and oxygen atoms in total. The Bertz CT molecular complexity index is 460. The van der Waals surface area contributed by atoms with E-state index in [-0.39, 0.29) is 0 Å². The van der Waals surface area contributed by atoms with E-state index in [1.807, 2.05) is 19.1 Å². The van der Waals surface area contributed by atoms with Gasteiger partial charge < -0.3 is 5.73 Å². The average Bonchev–Trinajstić information content (AvgIpc) is 2.52. The van der Waals surface area contributed by atoms with Gasteiger partial charge in [0.15, 0.2) is 0 Å². The van der Waals surface area contributed by atoms with Crippen LogP contribution in [-0.4, -0.2) is 4.98 Å². The van der Waals surface area contributed by atoms with Gasteiger partial charge in [-0.05, 0) is 43.0 Å². The number of aromatic nitrogens is 1. The van der Waals surface area contributed by atoms with Crippen molar-refractivity contribution in [3.05, 3.63) is 34.8 Å². The summed E-state index contributed by atoms with van der Waals surface area (Å²) in [6.07, 6.45) is 0. The van der Waals surface area contributed by atoms with Gasteiger partial charge in [0.05, 0.1) is 0 Å². The summed E-state index contributed by atoms with van der Waals surface area (Å²) in [6.45, 7) is 4.10. The Morgan fingerprint density at radius 1 is 1.21 bits per heavy atom. The van der Waals surface area contributed by atoms with Gasteiger partial charge in [-0.25, -0.2) is 4.98 Å². The third-order valence-electron chi connectivity index (χ3n) is 2.21. The number of nitrogen functional groups attached to an aromatic ring is 1. The van der Waals surface area contributed by atoms with Crippen molar-refractivity contribution >= 4 is 17.2 Å². The number of rotatable bonds is 1. The summed E-state index contributed by atoms with van der Waals surface area (Å²) in [7, 11) is 0. The van der Waals surface area contributed by atoms with Gasteiger partial charge in [0.1, 0.15) is 5.82 Å². The van der Waals surface area contributed by atoms with E-state index in [0.717, 1.165) is 5.69 Å². The van der Waals surface area contributed by atoms with E-state index >= 15 is 0 Å². The van der Waals surface area contributed by atoms with Crippen molar-refractivity contribution in [1.82, 2.24) is 4.98 Å². The minimum atomic E-state index is 0.584. The maximum atomic E-state index is 5.61. The first-order valence-corrected chi connectivity index (χ1v) is 5.34. The van der Waals surface area contributed by atoms with Crippen molar-refractivity contribution in [2.45, 2.75) is 13.8 Å². The molecule has 2 heterocycles. The highest BCUT2D eigenvalue weighted by atomic mass is 32.1. The predicted molar refractivity (Wildman–Crippen MR) is 61.4 cm³/mol. The van der Waals surface area contributed by atoms with Gasteiger partial charge in [-0.2, -0.15) is 0 Å². The zero-order chi connectivity index (χ0) is 10.1. The first-order valence-electron chi connectivity index (χ1n) is 4.46. The van der Waals surface area contributed by atoms with Gasteiger partial charge in [-0.3, -0.25) is 0 Å². The first-order chi connectivity index (χ1) is 6.68. The number of nitrogens with zero attached hydrogens (tertiary/aromatic N) is 1. The highest BCUT2D eigenvalue weighted by Crippen LogP contribution is 2.30. The summed E-state index contributed by atoms with van der Waals surface area (Å²) in [5.41, 5.74) is 9.09. The zero-order valence-electron chi connectivity index (χ0n) is 8.24. The summed E-state index contributed by atoms with van der Waals surface area (Å²) in [5.74, 6) is 0.584. The van der Waals surface area contributed by atoms with Crippen LogP contribution >= 0.6 is 11.3 Å². The van der Waals surface area contributed by atoms with Crippen LogP contribution < -0.4 is 5.73 Å². The molecule has 0 saturated carbocycles. The van der Waals surface area contributed by atoms with Crippen LogP contribution in [0.3, 0.4) is 0 Å². The third-order valence-corrected chi connectivity index (χ3v) is 3.26. The zero-order valence-corrected chi connectivity index (χ0v) is 9.06. The fraction of sp³-hybridized carbons (Fsp3) is 0.182. The lowest BCUT2D eigenvalue weighted by Crippen LogP contribution is -1.93. The molecule has 0 aliphatic rings. The molecule has 0 atom stereocenters. The molecule has 0 aliphatic heterocycles. The second-order valence-electron chi connectivity index (χ2n) is 3.30. The molecule has 0 saturated heterocycles. The normalized spacial score (nSPS) is 10.4. The lowest BCUT2D eigenvalue weighted by Gasteiger charge is -2.04. The number of aryl methyl sites for hydroxylation is 2. The van der Waals surface area contributed by atoms with Gasteiger partial charge in [0.2, 0.25) is 0 Å². The summed E-state index contributed by atoms with van der Waals surface area (Å²) >= 11 is 1.74. The van der Waals surface area contributed by atoms with E-state index in [1.165, 1.54) is 16.0 Å². The molecule has 0 unspecified atom stereocenters. The fourth-order valence-corrected chi connectivity index (χ4v) is 2.47. The summed E-state index contributed by atoms with van der Waals surface area (Å²) in [4.78, 5) is 5.54. The minimum absolute atomic E-state index is 0.584. The third kappa shape index (κ3) is 1.51. The van der Waals surface area contributed by atoms with Crippen LogP contribution in [0.25, 0.3) is 10.4 Å². The highest BCUT2D eigenvalue weighted by molar-refractivity contribution is 7.13. The Labute approximate surface area is 87.4 Å². The van der Waals surface area contributed by atoms with Gasteiger partial charge in [-0.15, -0.1) is 11.3 Å². The van der Waals surface area contributed by atoms with E-state index in [2.05, 4.69) is 23.4 Å². The smallest absolute Gasteiger partial charge is 0.123 e. The lowest BCUT2D eigenvalue weighted by atomic mass is 10.1. The lowest BCUT2D eigenvalue weighted by molar-refractivity contribution is 1.21. The Kier molecular flexibility index (Phi) is 2.25. The second kappa shape index (κ2) is 3.42. The molecule has 0 amide bonds. The molecule has 0 bridgehead atoms. The number of pyridine rings is 1. The summed E-state index contributed by atoms with van der Waals surface area (Å²) < 4.78 is 0. The van der Waals surface area contributed by atoms with Crippen molar-refractivity contribution < 1.29 is 0 Å². The van der Waals surface area contributed by atoms with Crippen LogP contribution in [-0.2, 0) is 0 Å². The van der Waals surface area contributed by atoms with Gasteiger partial charge in [0, 0.05) is 16.1 Å². The highest BCUT2D eigenvalue weighted by Gasteiger charge is 2.07. The molecule has 2 aromatic rings. The van der Waals surface area contributed by atoms with Crippen LogP contribution in [0.5, 0.6) is 0 Å². The maximum absolute atomic E-state index is 5.61. The molecule has 3 heteroatoms. The number of thiophene rings is 1. The van der Waals surface area contributed by atoms with Gasteiger partial charge in [0.25, 0.3) is 0 Å². The molecular weight excluding hydrogens is 192 g/mol. The number of anilines is 1. The second-order valence-corrected chi connectivity index (χ2v) is 4.22. The number of nitrogens with two attached hydrogens (primary N) is 1. The Morgan fingerprint density at radius 3 is 2.57 bits per heavy atom. The van der Waals surface area contributed by atoms with Crippen LogP contribution in [0.2, 0.25) is 0 Å². The maximum Gasteiger partial charge on any atom is 0.123 e. The first kappa shape index (κ1) is 9.21. The largest absolute Gasteiger partial charge is 0.384 e. The standard InChI is InChI=1S/C11H12N2S/c1-7-5-6-14-11(7)9-3-4-10(12)13-8(9)2/h3-6H,1-2H3,(H2,12,13). The molecule has 2 rings (SSSR count). The van der Waals surface area contributed by atoms with E-state index < -0.39 is 0 Å². The summed E-state index contributed by atoms with van der Waals surface area (Å²) in [5, 5.41) is 2.10. The topological polar surface area (TPSA) is 38.9 Å². The van der Waals surface area contributed by atoms with Crippen LogP contribution in [0, 0.1) is 13.8 Å². The monoisotopic (exact) mass is 204 g/mol. The molecule has 0 fully saturated rings. The van der Waals surface area contributed by atoms with E-state index in [1.54, 1.807) is 11.3 Å². The molecule has 0 spiro atoms.